The zero-order chi connectivity index (χ0) is 21.4. The summed E-state index contributed by atoms with van der Waals surface area (Å²) in [5, 5.41) is 10.1. The van der Waals surface area contributed by atoms with Crippen LogP contribution < -0.4 is 5.73 Å². The largest absolute Gasteiger partial charge is 0.424 e. The van der Waals surface area contributed by atoms with Crippen LogP contribution >= 0.6 is 0 Å². The molecule has 5 rings (SSSR count). The van der Waals surface area contributed by atoms with Crippen LogP contribution in [0.4, 0.5) is 0 Å². The van der Waals surface area contributed by atoms with Gasteiger partial charge in [-0.2, -0.15) is 5.26 Å². The molecule has 2 aromatic rings. The standard InChI is InChI=1S/C24H20N4O3/c25-15-18-21(26)27-22(28-11-13-30-14-12-28)24(18)19(16-7-3-1-4-8-16)20(31-23(24)29)17-9-5-2-6-10-17/h1-10H,11-14,26H2. The van der Waals surface area contributed by atoms with E-state index in [4.69, 9.17) is 15.2 Å². The van der Waals surface area contributed by atoms with Crippen molar-refractivity contribution in [2.24, 2.45) is 16.1 Å². The summed E-state index contributed by atoms with van der Waals surface area (Å²) in [6.07, 6.45) is 0. The summed E-state index contributed by atoms with van der Waals surface area (Å²) in [7, 11) is 0. The Bertz CT molecular complexity index is 1170. The second kappa shape index (κ2) is 7.42. The molecule has 154 valence electrons. The van der Waals surface area contributed by atoms with Gasteiger partial charge in [0.25, 0.3) is 0 Å². The van der Waals surface area contributed by atoms with Gasteiger partial charge in [-0.25, -0.2) is 9.79 Å². The van der Waals surface area contributed by atoms with Crippen LogP contribution in [0, 0.1) is 16.7 Å². The second-order valence-electron chi connectivity index (χ2n) is 7.48. The molecule has 0 bridgehead atoms. The molecule has 0 amide bonds. The van der Waals surface area contributed by atoms with Gasteiger partial charge in [-0.15, -0.1) is 0 Å². The van der Waals surface area contributed by atoms with Gasteiger partial charge in [-0.3, -0.25) is 0 Å². The fraction of sp³-hybridized carbons (Fsp3) is 0.208. The fourth-order valence-corrected chi connectivity index (χ4v) is 4.45. The van der Waals surface area contributed by atoms with Crippen molar-refractivity contribution in [3.05, 3.63) is 83.2 Å². The lowest BCUT2D eigenvalue weighted by Crippen LogP contribution is -2.51. The van der Waals surface area contributed by atoms with E-state index in [0.717, 1.165) is 11.1 Å². The summed E-state index contributed by atoms with van der Waals surface area (Å²) >= 11 is 0. The Morgan fingerprint density at radius 3 is 2.23 bits per heavy atom. The van der Waals surface area contributed by atoms with E-state index < -0.39 is 11.4 Å². The lowest BCUT2D eigenvalue weighted by atomic mass is 9.71. The average molecular weight is 412 g/mol. The van der Waals surface area contributed by atoms with Crippen molar-refractivity contribution in [3.8, 4) is 6.07 Å². The summed E-state index contributed by atoms with van der Waals surface area (Å²) in [5.41, 5.74) is 6.91. The van der Waals surface area contributed by atoms with Crippen LogP contribution in [0.5, 0.6) is 0 Å². The third-order valence-electron chi connectivity index (χ3n) is 5.82. The number of esters is 1. The molecule has 1 atom stereocenters. The Morgan fingerprint density at radius 2 is 1.61 bits per heavy atom. The zero-order valence-corrected chi connectivity index (χ0v) is 16.7. The van der Waals surface area contributed by atoms with E-state index in [1.165, 1.54) is 0 Å². The van der Waals surface area contributed by atoms with Crippen molar-refractivity contribution in [1.29, 1.82) is 5.26 Å². The number of hydrogen-bond donors (Lipinski definition) is 1. The Morgan fingerprint density at radius 1 is 1.00 bits per heavy atom. The SMILES string of the molecule is N#CC1=C(N)N=C(N2CCOCC2)C12C(=O)OC(c1ccccc1)=C2c1ccccc1. The van der Waals surface area contributed by atoms with Crippen molar-refractivity contribution >= 4 is 23.1 Å². The summed E-state index contributed by atoms with van der Waals surface area (Å²) in [6, 6.07) is 21.1. The summed E-state index contributed by atoms with van der Waals surface area (Å²) < 4.78 is 11.4. The first-order valence-corrected chi connectivity index (χ1v) is 10.1. The number of carbonyl (C=O) groups is 1. The highest BCUT2D eigenvalue weighted by atomic mass is 16.5. The topological polar surface area (TPSA) is 101 Å². The lowest BCUT2D eigenvalue weighted by Gasteiger charge is -2.36. The highest BCUT2D eigenvalue weighted by Gasteiger charge is 2.63. The minimum absolute atomic E-state index is 0.0451. The predicted molar refractivity (Wildman–Crippen MR) is 115 cm³/mol. The van der Waals surface area contributed by atoms with Gasteiger partial charge in [0, 0.05) is 24.2 Å². The van der Waals surface area contributed by atoms with Gasteiger partial charge in [0.2, 0.25) is 0 Å². The Kier molecular flexibility index (Phi) is 4.57. The van der Waals surface area contributed by atoms with Crippen LogP contribution in [0.25, 0.3) is 11.3 Å². The number of carbonyl (C=O) groups excluding carboxylic acids is 1. The summed E-state index contributed by atoms with van der Waals surface area (Å²) in [6.45, 7) is 2.09. The van der Waals surface area contributed by atoms with Crippen LogP contribution in [0.1, 0.15) is 11.1 Å². The molecule has 3 aliphatic rings. The van der Waals surface area contributed by atoms with Crippen molar-refractivity contribution < 1.29 is 14.3 Å². The molecule has 3 heterocycles. The number of morpholine rings is 1. The van der Waals surface area contributed by atoms with Gasteiger partial charge in [-0.05, 0) is 5.56 Å². The van der Waals surface area contributed by atoms with Crippen LogP contribution in [-0.2, 0) is 14.3 Å². The molecular weight excluding hydrogens is 392 g/mol. The minimum Gasteiger partial charge on any atom is -0.424 e. The quantitative estimate of drug-likeness (QED) is 0.761. The number of benzene rings is 2. The molecule has 0 aromatic heterocycles. The van der Waals surface area contributed by atoms with Crippen LogP contribution in [0.2, 0.25) is 0 Å². The molecule has 2 aromatic carbocycles. The number of rotatable bonds is 2. The molecule has 2 N–H and O–H groups in total. The average Bonchev–Trinajstić information content (AvgIpc) is 3.29. The lowest BCUT2D eigenvalue weighted by molar-refractivity contribution is -0.138. The summed E-state index contributed by atoms with van der Waals surface area (Å²) in [5.74, 6) is 0.330. The number of amidine groups is 1. The van der Waals surface area contributed by atoms with Gasteiger partial charge < -0.3 is 20.1 Å². The number of cyclic esters (lactones) is 1. The van der Waals surface area contributed by atoms with Crippen molar-refractivity contribution in [2.45, 2.75) is 0 Å². The molecule has 1 unspecified atom stereocenters. The van der Waals surface area contributed by atoms with Crippen LogP contribution in [0.15, 0.2) is 77.1 Å². The monoisotopic (exact) mass is 412 g/mol. The van der Waals surface area contributed by atoms with Crippen LogP contribution in [0.3, 0.4) is 0 Å². The first kappa shape index (κ1) is 19.1. The van der Waals surface area contributed by atoms with E-state index in [0.29, 0.717) is 43.5 Å². The molecule has 0 saturated carbocycles. The molecule has 31 heavy (non-hydrogen) atoms. The molecule has 1 fully saturated rings. The minimum atomic E-state index is -1.51. The van der Waals surface area contributed by atoms with Crippen molar-refractivity contribution in [2.75, 3.05) is 26.3 Å². The number of nitrogens with zero attached hydrogens (tertiary/aromatic N) is 3. The molecular formula is C24H20N4O3. The maximum atomic E-state index is 13.7. The molecule has 1 spiro atoms. The van der Waals surface area contributed by atoms with Gasteiger partial charge >= 0.3 is 5.97 Å². The van der Waals surface area contributed by atoms with Crippen molar-refractivity contribution in [1.82, 2.24) is 4.90 Å². The predicted octanol–water partition coefficient (Wildman–Crippen LogP) is 2.54. The third-order valence-corrected chi connectivity index (χ3v) is 5.82. The van der Waals surface area contributed by atoms with Gasteiger partial charge in [0.1, 0.15) is 29.1 Å². The zero-order valence-electron chi connectivity index (χ0n) is 16.7. The number of nitriles is 1. The Labute approximate surface area is 179 Å². The Hall–Kier alpha value is -3.89. The molecule has 3 aliphatic heterocycles. The normalized spacial score (nSPS) is 23.3. The summed E-state index contributed by atoms with van der Waals surface area (Å²) in [4.78, 5) is 20.2. The third kappa shape index (κ3) is 2.76. The maximum absolute atomic E-state index is 13.7. The van der Waals surface area contributed by atoms with Gasteiger partial charge in [0.05, 0.1) is 13.2 Å². The molecule has 1 saturated heterocycles. The molecule has 7 nitrogen and oxygen atoms in total. The van der Waals surface area contributed by atoms with Gasteiger partial charge in [0.15, 0.2) is 5.41 Å². The number of hydrogen-bond acceptors (Lipinski definition) is 7. The van der Waals surface area contributed by atoms with E-state index in [1.807, 2.05) is 65.6 Å². The molecule has 7 heteroatoms. The first-order valence-electron chi connectivity index (χ1n) is 10.1. The Balaban J connectivity index is 1.82. The van der Waals surface area contributed by atoms with Crippen LogP contribution in [-0.4, -0.2) is 43.0 Å². The number of nitrogens with two attached hydrogens (primary N) is 1. The van der Waals surface area contributed by atoms with E-state index >= 15 is 0 Å². The highest BCUT2D eigenvalue weighted by molar-refractivity contribution is 6.28. The number of ether oxygens (including phenoxy) is 2. The maximum Gasteiger partial charge on any atom is 0.335 e. The molecule has 0 aliphatic carbocycles. The highest BCUT2D eigenvalue weighted by Crippen LogP contribution is 2.56. The fourth-order valence-electron chi connectivity index (χ4n) is 4.45. The van der Waals surface area contributed by atoms with Gasteiger partial charge in [-0.1, -0.05) is 60.7 Å². The smallest absolute Gasteiger partial charge is 0.335 e. The van der Waals surface area contributed by atoms with E-state index in [2.05, 4.69) is 11.1 Å². The van der Waals surface area contributed by atoms with E-state index in [9.17, 15) is 10.1 Å². The van der Waals surface area contributed by atoms with Crippen molar-refractivity contribution in [3.63, 3.8) is 0 Å². The second-order valence-corrected chi connectivity index (χ2v) is 7.48. The first-order chi connectivity index (χ1) is 15.2. The molecule has 0 radical (unpaired) electrons. The van der Waals surface area contributed by atoms with E-state index in [1.54, 1.807) is 0 Å². The number of aliphatic imine (C=N–C) groups is 1. The van der Waals surface area contributed by atoms with E-state index in [-0.39, 0.29) is 11.4 Å².